The van der Waals surface area contributed by atoms with Crippen LogP contribution in [-0.2, 0) is 14.8 Å². The molecule has 4 N–H and O–H groups in total. The fraction of sp³-hybridized carbons (Fsp3) is 0.909. The van der Waals surface area contributed by atoms with Gasteiger partial charge in [0.25, 0.3) is 0 Å². The van der Waals surface area contributed by atoms with Crippen molar-refractivity contribution in [1.82, 2.24) is 10.0 Å². The summed E-state index contributed by atoms with van der Waals surface area (Å²) in [5, 5.41) is 2.82. The topological polar surface area (TPSA) is 101 Å². The summed E-state index contributed by atoms with van der Waals surface area (Å²) >= 11 is 0. The first kappa shape index (κ1) is 15.4. The Bertz CT molecular complexity index is 370. The van der Waals surface area contributed by atoms with E-state index in [0.29, 0.717) is 19.5 Å². The third-order valence-corrected chi connectivity index (χ3v) is 3.90. The molecule has 6 nitrogen and oxygen atoms in total. The molecule has 0 aromatic rings. The Morgan fingerprint density at radius 1 is 1.28 bits per heavy atom. The number of rotatable bonds is 6. The summed E-state index contributed by atoms with van der Waals surface area (Å²) in [4.78, 5) is 11.8. The molecule has 1 aliphatic carbocycles. The van der Waals surface area contributed by atoms with Gasteiger partial charge >= 0.3 is 0 Å². The van der Waals surface area contributed by atoms with Crippen LogP contribution in [0.1, 0.15) is 32.1 Å². The minimum absolute atomic E-state index is 0.00144. The van der Waals surface area contributed by atoms with Crippen LogP contribution >= 0.6 is 0 Å². The van der Waals surface area contributed by atoms with Gasteiger partial charge in [0.05, 0.1) is 12.2 Å². The Balaban J connectivity index is 2.17. The second kappa shape index (κ2) is 7.06. The van der Waals surface area contributed by atoms with Gasteiger partial charge in [-0.2, -0.15) is 0 Å². The first-order chi connectivity index (χ1) is 8.40. The lowest BCUT2D eigenvalue weighted by Crippen LogP contribution is -2.44. The summed E-state index contributed by atoms with van der Waals surface area (Å²) in [6.45, 7) is 0.820. The average Bonchev–Trinajstić information content (AvgIpc) is 2.27. The minimum Gasteiger partial charge on any atom is -0.356 e. The monoisotopic (exact) mass is 277 g/mol. The van der Waals surface area contributed by atoms with Crippen LogP contribution in [0.3, 0.4) is 0 Å². The van der Waals surface area contributed by atoms with Crippen LogP contribution in [0.15, 0.2) is 0 Å². The van der Waals surface area contributed by atoms with Gasteiger partial charge in [0.1, 0.15) is 0 Å². The first-order valence-corrected chi connectivity index (χ1v) is 8.27. The van der Waals surface area contributed by atoms with Gasteiger partial charge in [0.15, 0.2) is 0 Å². The van der Waals surface area contributed by atoms with Crippen molar-refractivity contribution in [3.8, 4) is 0 Å². The summed E-state index contributed by atoms with van der Waals surface area (Å²) in [6.07, 6.45) is 5.63. The molecular formula is C11H23N3O3S. The number of sulfonamides is 1. The molecule has 0 radical (unpaired) electrons. The highest BCUT2D eigenvalue weighted by Gasteiger charge is 2.27. The van der Waals surface area contributed by atoms with Crippen LogP contribution in [-0.4, -0.2) is 39.7 Å². The molecule has 1 amide bonds. The van der Waals surface area contributed by atoms with Crippen molar-refractivity contribution in [1.29, 1.82) is 0 Å². The number of nitrogens with two attached hydrogens (primary N) is 1. The Morgan fingerprint density at radius 2 is 1.94 bits per heavy atom. The van der Waals surface area contributed by atoms with E-state index in [1.807, 2.05) is 0 Å². The third kappa shape index (κ3) is 5.79. The molecule has 0 aromatic carbocycles. The maximum Gasteiger partial charge on any atom is 0.224 e. The number of carbonyl (C=O) groups excluding carboxylic acids is 1. The van der Waals surface area contributed by atoms with Crippen LogP contribution in [0.25, 0.3) is 0 Å². The molecule has 0 heterocycles. The standard InChI is InChI=1S/C11H23N3O3S/c1-18(16,17)14-8-4-7-13-11(15)9-5-2-3-6-10(9)12/h9-10,14H,2-8,12H2,1H3,(H,13,15). The van der Waals surface area contributed by atoms with Crippen LogP contribution in [0.2, 0.25) is 0 Å². The van der Waals surface area contributed by atoms with E-state index in [1.165, 1.54) is 0 Å². The van der Waals surface area contributed by atoms with Gasteiger partial charge in [-0.05, 0) is 19.3 Å². The molecule has 0 aliphatic heterocycles. The predicted molar refractivity (Wildman–Crippen MR) is 70.4 cm³/mol. The molecule has 106 valence electrons. The number of hydrogen-bond donors (Lipinski definition) is 3. The van der Waals surface area contributed by atoms with E-state index in [-0.39, 0.29) is 17.9 Å². The van der Waals surface area contributed by atoms with Crippen LogP contribution < -0.4 is 15.8 Å². The van der Waals surface area contributed by atoms with E-state index in [9.17, 15) is 13.2 Å². The van der Waals surface area contributed by atoms with Gasteiger partial charge in [0.2, 0.25) is 15.9 Å². The lowest BCUT2D eigenvalue weighted by molar-refractivity contribution is -0.126. The quantitative estimate of drug-likeness (QED) is 0.573. The Kier molecular flexibility index (Phi) is 6.04. The Labute approximate surface area is 109 Å². The van der Waals surface area contributed by atoms with Crippen molar-refractivity contribution in [3.63, 3.8) is 0 Å². The maximum absolute atomic E-state index is 11.8. The summed E-state index contributed by atoms with van der Waals surface area (Å²) in [5.74, 6) is -0.0804. The zero-order valence-electron chi connectivity index (χ0n) is 10.8. The molecule has 0 spiro atoms. The lowest BCUT2D eigenvalue weighted by Gasteiger charge is -2.27. The summed E-state index contributed by atoms with van der Waals surface area (Å²) in [6, 6.07) is -0.0344. The number of hydrogen-bond acceptors (Lipinski definition) is 4. The molecule has 0 saturated heterocycles. The molecule has 2 unspecified atom stereocenters. The van der Waals surface area contributed by atoms with Crippen molar-refractivity contribution in [2.24, 2.45) is 11.7 Å². The van der Waals surface area contributed by atoms with Gasteiger partial charge in [-0.1, -0.05) is 12.8 Å². The van der Waals surface area contributed by atoms with Crippen molar-refractivity contribution < 1.29 is 13.2 Å². The summed E-state index contributed by atoms with van der Waals surface area (Å²) < 4.78 is 24.0. The second-order valence-corrected chi connectivity index (χ2v) is 6.70. The van der Waals surface area contributed by atoms with E-state index >= 15 is 0 Å². The smallest absolute Gasteiger partial charge is 0.224 e. The molecule has 1 fully saturated rings. The van der Waals surface area contributed by atoms with Crippen molar-refractivity contribution in [2.45, 2.75) is 38.1 Å². The highest BCUT2D eigenvalue weighted by atomic mass is 32.2. The molecule has 0 aromatic heterocycles. The molecule has 1 rings (SSSR count). The van der Waals surface area contributed by atoms with E-state index < -0.39 is 10.0 Å². The first-order valence-electron chi connectivity index (χ1n) is 6.38. The fourth-order valence-corrected chi connectivity index (χ4v) is 2.69. The molecule has 1 saturated carbocycles. The molecule has 7 heteroatoms. The van der Waals surface area contributed by atoms with Crippen molar-refractivity contribution in [2.75, 3.05) is 19.3 Å². The predicted octanol–water partition coefficient (Wildman–Crippen LogP) is -0.441. The average molecular weight is 277 g/mol. The molecule has 18 heavy (non-hydrogen) atoms. The normalized spacial score (nSPS) is 24.8. The zero-order chi connectivity index (χ0) is 13.6. The zero-order valence-corrected chi connectivity index (χ0v) is 11.6. The molecule has 1 aliphatic rings. The highest BCUT2D eigenvalue weighted by molar-refractivity contribution is 7.88. The van der Waals surface area contributed by atoms with Gasteiger partial charge in [0, 0.05) is 19.1 Å². The second-order valence-electron chi connectivity index (χ2n) is 4.87. The van der Waals surface area contributed by atoms with E-state index in [1.54, 1.807) is 0 Å². The molecule has 2 atom stereocenters. The van der Waals surface area contributed by atoms with Crippen molar-refractivity contribution >= 4 is 15.9 Å². The fourth-order valence-electron chi connectivity index (χ4n) is 2.17. The minimum atomic E-state index is -3.14. The number of amides is 1. The lowest BCUT2D eigenvalue weighted by atomic mass is 9.84. The number of nitrogens with one attached hydrogen (secondary N) is 2. The van der Waals surface area contributed by atoms with Gasteiger partial charge in [-0.3, -0.25) is 4.79 Å². The number of carbonyl (C=O) groups is 1. The third-order valence-electron chi connectivity index (χ3n) is 3.17. The van der Waals surface area contributed by atoms with Crippen molar-refractivity contribution in [3.05, 3.63) is 0 Å². The van der Waals surface area contributed by atoms with E-state index in [2.05, 4.69) is 10.0 Å². The summed E-state index contributed by atoms with van der Waals surface area (Å²) in [7, 11) is -3.14. The van der Waals surface area contributed by atoms with Crippen LogP contribution in [0, 0.1) is 5.92 Å². The molecule has 0 bridgehead atoms. The maximum atomic E-state index is 11.8. The SMILES string of the molecule is CS(=O)(=O)NCCCNC(=O)C1CCCCC1N. The Morgan fingerprint density at radius 3 is 2.56 bits per heavy atom. The Hall–Kier alpha value is -0.660. The van der Waals surface area contributed by atoms with Gasteiger partial charge in [-0.15, -0.1) is 0 Å². The van der Waals surface area contributed by atoms with E-state index in [0.717, 1.165) is 31.9 Å². The van der Waals surface area contributed by atoms with Gasteiger partial charge < -0.3 is 11.1 Å². The largest absolute Gasteiger partial charge is 0.356 e. The molecular weight excluding hydrogens is 254 g/mol. The van der Waals surface area contributed by atoms with Crippen LogP contribution in [0.4, 0.5) is 0 Å². The van der Waals surface area contributed by atoms with E-state index in [4.69, 9.17) is 5.73 Å². The van der Waals surface area contributed by atoms with Gasteiger partial charge in [-0.25, -0.2) is 13.1 Å². The highest BCUT2D eigenvalue weighted by Crippen LogP contribution is 2.22. The summed E-state index contributed by atoms with van der Waals surface area (Å²) in [5.41, 5.74) is 5.91. The van der Waals surface area contributed by atoms with Crippen LogP contribution in [0.5, 0.6) is 0 Å².